The summed E-state index contributed by atoms with van der Waals surface area (Å²) >= 11 is 1.22. The van der Waals surface area contributed by atoms with Crippen LogP contribution in [-0.4, -0.2) is 36.9 Å². The van der Waals surface area contributed by atoms with Crippen LogP contribution >= 0.6 is 11.3 Å². The quantitative estimate of drug-likeness (QED) is 0.860. The average molecular weight is 318 g/mol. The monoisotopic (exact) mass is 318 g/mol. The summed E-state index contributed by atoms with van der Waals surface area (Å²) in [4.78, 5) is 11.7. The maximum absolute atomic E-state index is 12.3. The van der Waals surface area contributed by atoms with E-state index < -0.39 is 22.2 Å². The number of nitrogens with one attached hydrogen (secondary N) is 1. The second kappa shape index (κ2) is 6.21. The van der Waals surface area contributed by atoms with E-state index in [2.05, 4.69) is 11.6 Å². The van der Waals surface area contributed by atoms with Crippen LogP contribution < -0.4 is 4.72 Å². The zero-order chi connectivity index (χ0) is 14.8. The topological polar surface area (TPSA) is 86.7 Å². The molecular weight excluding hydrogens is 300 g/mol. The molecule has 1 saturated heterocycles. The molecule has 0 aliphatic carbocycles. The van der Waals surface area contributed by atoms with Crippen molar-refractivity contribution in [1.82, 2.24) is 9.03 Å². The van der Waals surface area contributed by atoms with Crippen LogP contribution in [0, 0.1) is 5.92 Å². The second-order valence-corrected chi connectivity index (χ2v) is 7.67. The van der Waals surface area contributed by atoms with Gasteiger partial charge in [-0.25, -0.2) is 0 Å². The Kier molecular flexibility index (Phi) is 4.79. The molecule has 1 aliphatic rings. The molecule has 0 spiro atoms. The van der Waals surface area contributed by atoms with Crippen LogP contribution in [0.15, 0.2) is 17.5 Å². The summed E-state index contributed by atoms with van der Waals surface area (Å²) in [5.41, 5.74) is 0. The third-order valence-electron chi connectivity index (χ3n) is 3.42. The van der Waals surface area contributed by atoms with Gasteiger partial charge in [0.1, 0.15) is 0 Å². The number of carboxylic acids is 1. The molecule has 1 atom stereocenters. The SMILES string of the molecule is CC1CCN(S(=O)(=O)NC(C(=O)O)c2cccs2)CC1. The van der Waals surface area contributed by atoms with Gasteiger partial charge in [0.05, 0.1) is 0 Å². The highest BCUT2D eigenvalue weighted by Crippen LogP contribution is 2.23. The van der Waals surface area contributed by atoms with Gasteiger partial charge < -0.3 is 5.11 Å². The highest BCUT2D eigenvalue weighted by atomic mass is 32.2. The largest absolute Gasteiger partial charge is 0.480 e. The first-order valence-corrected chi connectivity index (χ1v) is 8.75. The number of hydrogen-bond donors (Lipinski definition) is 2. The number of nitrogens with zero attached hydrogens (tertiary/aromatic N) is 1. The summed E-state index contributed by atoms with van der Waals surface area (Å²) in [6, 6.07) is 2.09. The molecule has 1 aromatic rings. The molecule has 0 saturated carbocycles. The van der Waals surface area contributed by atoms with Crippen molar-refractivity contribution in [1.29, 1.82) is 0 Å². The summed E-state index contributed by atoms with van der Waals surface area (Å²) in [7, 11) is -3.77. The van der Waals surface area contributed by atoms with Gasteiger partial charge in [0.25, 0.3) is 10.2 Å². The van der Waals surface area contributed by atoms with E-state index in [1.165, 1.54) is 15.6 Å². The molecule has 0 radical (unpaired) electrons. The number of carboxylic acid groups (broad SMARTS) is 1. The van der Waals surface area contributed by atoms with E-state index in [9.17, 15) is 18.3 Å². The molecular formula is C12H18N2O4S2. The van der Waals surface area contributed by atoms with Crippen molar-refractivity contribution in [2.24, 2.45) is 5.92 Å². The van der Waals surface area contributed by atoms with Gasteiger partial charge in [0.15, 0.2) is 6.04 Å². The minimum absolute atomic E-state index is 0.438. The number of aliphatic carboxylic acids is 1. The van der Waals surface area contributed by atoms with Gasteiger partial charge in [-0.3, -0.25) is 4.79 Å². The Hall–Kier alpha value is -0.960. The zero-order valence-electron chi connectivity index (χ0n) is 11.2. The van der Waals surface area contributed by atoms with Gasteiger partial charge in [-0.15, -0.1) is 11.3 Å². The van der Waals surface area contributed by atoms with E-state index in [4.69, 9.17) is 0 Å². The normalized spacial score (nSPS) is 19.9. The van der Waals surface area contributed by atoms with Gasteiger partial charge >= 0.3 is 5.97 Å². The van der Waals surface area contributed by atoms with Crippen LogP contribution in [0.5, 0.6) is 0 Å². The van der Waals surface area contributed by atoms with Crippen molar-refractivity contribution in [3.63, 3.8) is 0 Å². The van der Waals surface area contributed by atoms with Crippen LogP contribution in [0.4, 0.5) is 0 Å². The molecule has 1 aliphatic heterocycles. The molecule has 6 nitrogen and oxygen atoms in total. The molecule has 112 valence electrons. The predicted octanol–water partition coefficient (Wildman–Crippen LogP) is 1.44. The van der Waals surface area contributed by atoms with Crippen molar-refractivity contribution in [3.8, 4) is 0 Å². The van der Waals surface area contributed by atoms with E-state index in [-0.39, 0.29) is 0 Å². The number of piperidine rings is 1. The molecule has 2 rings (SSSR count). The average Bonchev–Trinajstić information content (AvgIpc) is 2.90. The number of rotatable bonds is 5. The lowest BCUT2D eigenvalue weighted by atomic mass is 10.0. The van der Waals surface area contributed by atoms with Crippen LogP contribution in [0.3, 0.4) is 0 Å². The fourth-order valence-corrected chi connectivity index (χ4v) is 4.34. The summed E-state index contributed by atoms with van der Waals surface area (Å²) in [6.45, 7) is 2.96. The van der Waals surface area contributed by atoms with Crippen molar-refractivity contribution < 1.29 is 18.3 Å². The fourth-order valence-electron chi connectivity index (χ4n) is 2.13. The molecule has 8 heteroatoms. The smallest absolute Gasteiger partial charge is 0.327 e. The maximum atomic E-state index is 12.3. The van der Waals surface area contributed by atoms with E-state index in [0.29, 0.717) is 23.9 Å². The Bertz CT molecular complexity index is 548. The van der Waals surface area contributed by atoms with Crippen LogP contribution in [0.25, 0.3) is 0 Å². The van der Waals surface area contributed by atoms with Crippen LogP contribution in [0.2, 0.25) is 0 Å². The van der Waals surface area contributed by atoms with E-state index in [1.807, 2.05) is 0 Å². The molecule has 0 bridgehead atoms. The van der Waals surface area contributed by atoms with Gasteiger partial charge in [0, 0.05) is 18.0 Å². The molecule has 0 aromatic carbocycles. The lowest BCUT2D eigenvalue weighted by molar-refractivity contribution is -0.139. The predicted molar refractivity (Wildman–Crippen MR) is 76.7 cm³/mol. The molecule has 2 heterocycles. The van der Waals surface area contributed by atoms with Gasteiger partial charge in [0.2, 0.25) is 0 Å². The number of carbonyl (C=O) groups is 1. The lowest BCUT2D eigenvalue weighted by Crippen LogP contribution is -2.47. The molecule has 1 aromatic heterocycles. The first-order valence-electron chi connectivity index (χ1n) is 6.44. The molecule has 1 unspecified atom stereocenters. The molecule has 2 N–H and O–H groups in total. The van der Waals surface area contributed by atoms with Crippen molar-refractivity contribution >= 4 is 27.5 Å². The first-order chi connectivity index (χ1) is 9.40. The summed E-state index contributed by atoms with van der Waals surface area (Å²) in [5.74, 6) is -0.685. The highest BCUT2D eigenvalue weighted by molar-refractivity contribution is 7.87. The third kappa shape index (κ3) is 3.57. The Balaban J connectivity index is 2.11. The fraction of sp³-hybridized carbons (Fsp3) is 0.583. The number of hydrogen-bond acceptors (Lipinski definition) is 4. The van der Waals surface area contributed by atoms with E-state index in [0.717, 1.165) is 12.8 Å². The standard InChI is InChI=1S/C12H18N2O4S2/c1-9-4-6-14(7-5-9)20(17,18)13-11(12(15)16)10-3-2-8-19-10/h2-3,8-9,11,13H,4-7H2,1H3,(H,15,16). The minimum atomic E-state index is -3.77. The summed E-state index contributed by atoms with van der Waals surface area (Å²) in [6.07, 6.45) is 1.61. The Labute approximate surface area is 122 Å². The van der Waals surface area contributed by atoms with E-state index >= 15 is 0 Å². The van der Waals surface area contributed by atoms with Gasteiger partial charge in [-0.2, -0.15) is 17.4 Å². The Morgan fingerprint density at radius 3 is 2.65 bits per heavy atom. The van der Waals surface area contributed by atoms with Crippen LogP contribution in [-0.2, 0) is 15.0 Å². The highest BCUT2D eigenvalue weighted by Gasteiger charge is 2.32. The third-order valence-corrected chi connectivity index (χ3v) is 5.94. The second-order valence-electron chi connectivity index (χ2n) is 4.99. The molecule has 20 heavy (non-hydrogen) atoms. The Morgan fingerprint density at radius 1 is 1.50 bits per heavy atom. The first kappa shape index (κ1) is 15.4. The van der Waals surface area contributed by atoms with Crippen molar-refractivity contribution in [2.45, 2.75) is 25.8 Å². The van der Waals surface area contributed by atoms with E-state index in [1.54, 1.807) is 17.5 Å². The molecule has 1 fully saturated rings. The summed E-state index contributed by atoms with van der Waals surface area (Å²) in [5, 5.41) is 10.9. The van der Waals surface area contributed by atoms with Crippen molar-refractivity contribution in [2.75, 3.05) is 13.1 Å². The zero-order valence-corrected chi connectivity index (χ0v) is 12.8. The summed E-state index contributed by atoms with van der Waals surface area (Å²) < 4.78 is 28.1. The van der Waals surface area contributed by atoms with Crippen molar-refractivity contribution in [3.05, 3.63) is 22.4 Å². The van der Waals surface area contributed by atoms with Gasteiger partial charge in [-0.1, -0.05) is 13.0 Å². The maximum Gasteiger partial charge on any atom is 0.327 e. The van der Waals surface area contributed by atoms with Crippen LogP contribution in [0.1, 0.15) is 30.7 Å². The Morgan fingerprint density at radius 2 is 2.15 bits per heavy atom. The molecule has 0 amide bonds. The number of thiophene rings is 1. The lowest BCUT2D eigenvalue weighted by Gasteiger charge is -2.30. The van der Waals surface area contributed by atoms with Gasteiger partial charge in [-0.05, 0) is 30.2 Å². The minimum Gasteiger partial charge on any atom is -0.480 e.